The number of aromatic nitrogens is 3. The highest BCUT2D eigenvalue weighted by atomic mass is 32.1. The number of anilines is 1. The molecule has 2 aromatic rings. The van der Waals surface area contributed by atoms with Crippen molar-refractivity contribution < 1.29 is 0 Å². The number of hydrogen-bond acceptors (Lipinski definition) is 6. The molecule has 1 fully saturated rings. The maximum atomic E-state index is 11.9. The van der Waals surface area contributed by atoms with Crippen LogP contribution in [-0.2, 0) is 12.0 Å². The van der Waals surface area contributed by atoms with Crippen LogP contribution in [0.1, 0.15) is 44.3 Å². The Kier molecular flexibility index (Phi) is 5.01. The third-order valence-corrected chi connectivity index (χ3v) is 5.49. The van der Waals surface area contributed by atoms with Gasteiger partial charge in [0, 0.05) is 48.9 Å². The Morgan fingerprint density at radius 3 is 3.00 bits per heavy atom. The molecule has 1 aliphatic heterocycles. The number of hydrogen-bond donors (Lipinski definition) is 2. The zero-order chi connectivity index (χ0) is 17.2. The van der Waals surface area contributed by atoms with Crippen molar-refractivity contribution >= 4 is 17.2 Å². The molecule has 0 aliphatic carbocycles. The molecule has 0 radical (unpaired) electrons. The normalized spacial score (nSPS) is 18.8. The lowest BCUT2D eigenvalue weighted by Crippen LogP contribution is -2.47. The zero-order valence-electron chi connectivity index (χ0n) is 14.5. The molecule has 7 heteroatoms. The highest BCUT2D eigenvalue weighted by Gasteiger charge is 2.23. The van der Waals surface area contributed by atoms with Gasteiger partial charge in [-0.25, -0.2) is 9.97 Å². The monoisotopic (exact) mass is 347 g/mol. The molecular formula is C17H25N5OS. The number of piperidine rings is 1. The van der Waals surface area contributed by atoms with Crippen LogP contribution in [0, 0.1) is 0 Å². The predicted octanol–water partition coefficient (Wildman–Crippen LogP) is 2.28. The van der Waals surface area contributed by atoms with Gasteiger partial charge in [0.2, 0.25) is 0 Å². The van der Waals surface area contributed by atoms with Crippen molar-refractivity contribution in [1.29, 1.82) is 0 Å². The Bertz CT molecular complexity index is 733. The highest BCUT2D eigenvalue weighted by molar-refractivity contribution is 7.09. The van der Waals surface area contributed by atoms with E-state index in [0.29, 0.717) is 11.9 Å². The molecule has 0 saturated carbocycles. The first-order chi connectivity index (χ1) is 11.4. The second-order valence-electron chi connectivity index (χ2n) is 7.30. The summed E-state index contributed by atoms with van der Waals surface area (Å²) in [5, 5.41) is 6.89. The summed E-state index contributed by atoms with van der Waals surface area (Å²) >= 11 is 1.73. The Morgan fingerprint density at radius 2 is 2.29 bits per heavy atom. The summed E-state index contributed by atoms with van der Waals surface area (Å²) in [6.45, 7) is 9.01. The van der Waals surface area contributed by atoms with Crippen LogP contribution in [0.2, 0.25) is 0 Å². The number of H-pyrrole nitrogens is 1. The first kappa shape index (κ1) is 17.1. The zero-order valence-corrected chi connectivity index (χ0v) is 15.3. The summed E-state index contributed by atoms with van der Waals surface area (Å²) in [5.74, 6) is 0.521. The van der Waals surface area contributed by atoms with E-state index < -0.39 is 0 Å². The minimum absolute atomic E-state index is 0.102. The van der Waals surface area contributed by atoms with Gasteiger partial charge in [-0.1, -0.05) is 20.8 Å². The lowest BCUT2D eigenvalue weighted by molar-refractivity contribution is 0.417. The Balaban J connectivity index is 1.59. The van der Waals surface area contributed by atoms with Crippen LogP contribution in [0.4, 0.5) is 5.82 Å². The molecule has 6 nitrogen and oxygen atoms in total. The smallest absolute Gasteiger partial charge is 0.290 e. The Labute approximate surface area is 146 Å². The molecule has 130 valence electrons. The SMILES string of the molecule is CC(C)(C)c1nc(CN[C@@H]2CCCN(c3ncc[nH]c3=O)C2)cs1. The average molecular weight is 347 g/mol. The van der Waals surface area contributed by atoms with Gasteiger partial charge in [-0.2, -0.15) is 0 Å². The summed E-state index contributed by atoms with van der Waals surface area (Å²) in [7, 11) is 0. The van der Waals surface area contributed by atoms with Gasteiger partial charge in [-0.05, 0) is 12.8 Å². The molecule has 3 heterocycles. The largest absolute Gasteiger partial charge is 0.350 e. The molecule has 2 N–H and O–H groups in total. The molecule has 24 heavy (non-hydrogen) atoms. The van der Waals surface area contributed by atoms with E-state index in [1.54, 1.807) is 23.7 Å². The number of rotatable bonds is 4. The average Bonchev–Trinajstić information content (AvgIpc) is 3.03. The Hall–Kier alpha value is -1.73. The van der Waals surface area contributed by atoms with E-state index in [1.165, 1.54) is 5.01 Å². The van der Waals surface area contributed by atoms with E-state index in [0.717, 1.165) is 38.2 Å². The Morgan fingerprint density at radius 1 is 1.46 bits per heavy atom. The van der Waals surface area contributed by atoms with Crippen LogP contribution < -0.4 is 15.8 Å². The van der Waals surface area contributed by atoms with E-state index >= 15 is 0 Å². The van der Waals surface area contributed by atoms with Crippen LogP contribution >= 0.6 is 11.3 Å². The fraction of sp³-hybridized carbons (Fsp3) is 0.588. The number of nitrogens with one attached hydrogen (secondary N) is 2. The number of nitrogens with zero attached hydrogens (tertiary/aromatic N) is 3. The second kappa shape index (κ2) is 7.03. The first-order valence-corrected chi connectivity index (χ1v) is 9.28. The molecule has 0 unspecified atom stereocenters. The van der Waals surface area contributed by atoms with Crippen molar-refractivity contribution in [1.82, 2.24) is 20.3 Å². The molecule has 0 bridgehead atoms. The van der Waals surface area contributed by atoms with Gasteiger partial charge in [-0.3, -0.25) is 4.79 Å². The van der Waals surface area contributed by atoms with Crippen LogP contribution in [-0.4, -0.2) is 34.1 Å². The molecule has 0 amide bonds. The van der Waals surface area contributed by atoms with E-state index in [9.17, 15) is 4.79 Å². The van der Waals surface area contributed by atoms with Crippen LogP contribution in [0.15, 0.2) is 22.6 Å². The van der Waals surface area contributed by atoms with Gasteiger partial charge in [0.25, 0.3) is 5.56 Å². The molecular weight excluding hydrogens is 322 g/mol. The number of thiazole rings is 1. The summed E-state index contributed by atoms with van der Waals surface area (Å²) in [5.41, 5.74) is 1.08. The minimum atomic E-state index is -0.118. The van der Waals surface area contributed by atoms with Gasteiger partial charge < -0.3 is 15.2 Å². The lowest BCUT2D eigenvalue weighted by atomic mass is 9.98. The lowest BCUT2D eigenvalue weighted by Gasteiger charge is -2.33. The van der Waals surface area contributed by atoms with E-state index in [4.69, 9.17) is 4.98 Å². The van der Waals surface area contributed by atoms with Crippen molar-refractivity contribution in [3.63, 3.8) is 0 Å². The fourth-order valence-corrected chi connectivity index (χ4v) is 3.79. The van der Waals surface area contributed by atoms with Gasteiger partial charge in [0.05, 0.1) is 10.7 Å². The van der Waals surface area contributed by atoms with Crippen LogP contribution in [0.25, 0.3) is 0 Å². The predicted molar refractivity (Wildman–Crippen MR) is 97.7 cm³/mol. The summed E-state index contributed by atoms with van der Waals surface area (Å²) < 4.78 is 0. The van der Waals surface area contributed by atoms with Crippen LogP contribution in [0.5, 0.6) is 0 Å². The standard InChI is InChI=1S/C17H25N5OS/c1-17(2,3)16-21-13(11-24-16)9-20-12-5-4-8-22(10-12)14-15(23)19-7-6-18-14/h6-7,11-12,20H,4-5,8-10H2,1-3H3,(H,19,23)/t12-/m1/s1. The van der Waals surface area contributed by atoms with Gasteiger partial charge in [0.15, 0.2) is 5.82 Å². The van der Waals surface area contributed by atoms with Crippen molar-refractivity contribution in [2.24, 2.45) is 0 Å². The maximum Gasteiger partial charge on any atom is 0.290 e. The van der Waals surface area contributed by atoms with Crippen molar-refractivity contribution in [3.05, 3.63) is 38.8 Å². The summed E-state index contributed by atoms with van der Waals surface area (Å²) in [4.78, 5) is 25.6. The maximum absolute atomic E-state index is 11.9. The van der Waals surface area contributed by atoms with E-state index in [-0.39, 0.29) is 11.0 Å². The molecule has 2 aromatic heterocycles. The molecule has 1 saturated heterocycles. The summed E-state index contributed by atoms with van der Waals surface area (Å²) in [6.07, 6.45) is 5.37. The van der Waals surface area contributed by atoms with E-state index in [2.05, 4.69) is 46.3 Å². The third kappa shape index (κ3) is 4.02. The topological polar surface area (TPSA) is 73.9 Å². The van der Waals surface area contributed by atoms with Crippen LogP contribution in [0.3, 0.4) is 0 Å². The molecule has 1 atom stereocenters. The summed E-state index contributed by atoms with van der Waals surface area (Å²) in [6, 6.07) is 0.347. The third-order valence-electron chi connectivity index (χ3n) is 4.17. The van der Waals surface area contributed by atoms with Gasteiger partial charge in [0.1, 0.15) is 0 Å². The van der Waals surface area contributed by atoms with Gasteiger partial charge >= 0.3 is 0 Å². The molecule has 0 spiro atoms. The van der Waals surface area contributed by atoms with Crippen molar-refractivity contribution in [2.75, 3.05) is 18.0 Å². The number of aromatic amines is 1. The molecule has 1 aliphatic rings. The fourth-order valence-electron chi connectivity index (χ4n) is 2.89. The molecule has 0 aromatic carbocycles. The minimum Gasteiger partial charge on any atom is -0.350 e. The first-order valence-electron chi connectivity index (χ1n) is 8.40. The van der Waals surface area contributed by atoms with Crippen molar-refractivity contribution in [3.8, 4) is 0 Å². The van der Waals surface area contributed by atoms with Crippen molar-refractivity contribution in [2.45, 2.75) is 51.6 Å². The quantitative estimate of drug-likeness (QED) is 0.888. The molecule has 3 rings (SSSR count). The second-order valence-corrected chi connectivity index (χ2v) is 8.16. The van der Waals surface area contributed by atoms with E-state index in [1.807, 2.05) is 0 Å². The highest BCUT2D eigenvalue weighted by Crippen LogP contribution is 2.25. The van der Waals surface area contributed by atoms with Gasteiger partial charge in [-0.15, -0.1) is 11.3 Å².